The number of para-hydroxylation sites is 1. The third kappa shape index (κ3) is 3.08. The normalized spacial score (nSPS) is 9.95. The number of nitro groups is 1. The first-order chi connectivity index (χ1) is 10.0. The van der Waals surface area contributed by atoms with Crippen LogP contribution in [0.5, 0.6) is 5.75 Å². The molecule has 2 rings (SSSR count). The van der Waals surface area contributed by atoms with Crippen molar-refractivity contribution in [1.29, 1.82) is 0 Å². The Bertz CT molecular complexity index is 700. The highest BCUT2D eigenvalue weighted by Crippen LogP contribution is 2.29. The van der Waals surface area contributed by atoms with Crippen LogP contribution >= 0.6 is 0 Å². The van der Waals surface area contributed by atoms with Crippen LogP contribution in [0.3, 0.4) is 0 Å². The summed E-state index contributed by atoms with van der Waals surface area (Å²) in [5.41, 5.74) is 0.623. The second kappa shape index (κ2) is 5.91. The number of amides is 1. The van der Waals surface area contributed by atoms with Gasteiger partial charge in [-0.15, -0.1) is 0 Å². The van der Waals surface area contributed by atoms with Gasteiger partial charge in [0.15, 0.2) is 0 Å². The van der Waals surface area contributed by atoms with E-state index < -0.39 is 10.8 Å². The molecule has 0 aliphatic heterocycles. The van der Waals surface area contributed by atoms with Crippen molar-refractivity contribution in [3.05, 3.63) is 58.1 Å². The highest BCUT2D eigenvalue weighted by atomic mass is 16.6. The van der Waals surface area contributed by atoms with Gasteiger partial charge in [0.25, 0.3) is 11.6 Å². The van der Waals surface area contributed by atoms with Gasteiger partial charge in [0, 0.05) is 12.7 Å². The number of nitro benzene ring substituents is 1. The number of aromatic hydroxyl groups is 1. The van der Waals surface area contributed by atoms with Crippen LogP contribution in [0.1, 0.15) is 10.4 Å². The van der Waals surface area contributed by atoms with E-state index in [2.05, 4.69) is 10.6 Å². The predicted octanol–water partition coefficient (Wildman–Crippen LogP) is 2.59. The van der Waals surface area contributed by atoms with Crippen LogP contribution < -0.4 is 10.6 Å². The summed E-state index contributed by atoms with van der Waals surface area (Å²) in [6.07, 6.45) is 0. The fraction of sp³-hybridized carbons (Fsp3) is 0.0714. The molecule has 0 saturated heterocycles. The molecule has 0 fully saturated rings. The molecule has 0 spiro atoms. The molecule has 21 heavy (non-hydrogen) atoms. The molecule has 3 N–H and O–H groups in total. The second-order valence-corrected chi connectivity index (χ2v) is 4.21. The zero-order valence-electron chi connectivity index (χ0n) is 11.2. The smallest absolute Gasteiger partial charge is 0.296 e. The first-order valence-electron chi connectivity index (χ1n) is 6.08. The molecule has 7 heteroatoms. The van der Waals surface area contributed by atoms with E-state index in [4.69, 9.17) is 0 Å². The Morgan fingerprint density at radius 1 is 1.19 bits per heavy atom. The zero-order valence-corrected chi connectivity index (χ0v) is 11.2. The summed E-state index contributed by atoms with van der Waals surface area (Å²) in [4.78, 5) is 22.5. The van der Waals surface area contributed by atoms with Crippen molar-refractivity contribution in [2.45, 2.75) is 0 Å². The number of nitrogens with one attached hydrogen (secondary N) is 2. The van der Waals surface area contributed by atoms with E-state index in [0.29, 0.717) is 11.3 Å². The number of nitrogens with zero attached hydrogens (tertiary/aromatic N) is 1. The lowest BCUT2D eigenvalue weighted by atomic mass is 10.1. The largest absolute Gasteiger partial charge is 0.508 e. The van der Waals surface area contributed by atoms with Gasteiger partial charge in [-0.1, -0.05) is 12.1 Å². The van der Waals surface area contributed by atoms with Crippen LogP contribution in [-0.4, -0.2) is 23.0 Å². The number of carbonyl (C=O) groups excluding carboxylic acids is 1. The van der Waals surface area contributed by atoms with E-state index in [9.17, 15) is 20.0 Å². The summed E-state index contributed by atoms with van der Waals surface area (Å²) in [5.74, 6) is -0.718. The van der Waals surface area contributed by atoms with Gasteiger partial charge in [-0.3, -0.25) is 14.9 Å². The van der Waals surface area contributed by atoms with E-state index >= 15 is 0 Å². The maximum absolute atomic E-state index is 12.2. The van der Waals surface area contributed by atoms with Crippen molar-refractivity contribution >= 4 is 23.0 Å². The van der Waals surface area contributed by atoms with E-state index in [1.807, 2.05) is 0 Å². The number of rotatable bonds is 4. The summed E-state index contributed by atoms with van der Waals surface area (Å²) >= 11 is 0. The van der Waals surface area contributed by atoms with E-state index in [-0.39, 0.29) is 17.1 Å². The van der Waals surface area contributed by atoms with Crippen LogP contribution in [0.15, 0.2) is 42.5 Å². The number of benzene rings is 2. The monoisotopic (exact) mass is 287 g/mol. The summed E-state index contributed by atoms with van der Waals surface area (Å²) in [6, 6.07) is 10.3. The molecule has 0 heterocycles. The third-order valence-corrected chi connectivity index (χ3v) is 2.87. The Balaban J connectivity index is 2.34. The lowest BCUT2D eigenvalue weighted by Gasteiger charge is -2.10. The SMILES string of the molecule is CNc1ccccc1C(=O)Nc1ccc(O)cc1[N+](=O)[O-]. The maximum Gasteiger partial charge on any atom is 0.296 e. The Kier molecular flexibility index (Phi) is 4.03. The lowest BCUT2D eigenvalue weighted by molar-refractivity contribution is -0.384. The van der Waals surface area contributed by atoms with E-state index in [1.165, 1.54) is 12.1 Å². The second-order valence-electron chi connectivity index (χ2n) is 4.21. The van der Waals surface area contributed by atoms with Gasteiger partial charge in [-0.05, 0) is 24.3 Å². The highest BCUT2D eigenvalue weighted by Gasteiger charge is 2.18. The zero-order chi connectivity index (χ0) is 15.4. The molecule has 7 nitrogen and oxygen atoms in total. The predicted molar refractivity (Wildman–Crippen MR) is 78.7 cm³/mol. The van der Waals surface area contributed by atoms with Gasteiger partial charge >= 0.3 is 0 Å². The minimum atomic E-state index is -0.667. The fourth-order valence-electron chi connectivity index (χ4n) is 1.87. The summed E-state index contributed by atoms with van der Waals surface area (Å²) in [6.45, 7) is 0. The minimum absolute atomic E-state index is 0.0220. The van der Waals surface area contributed by atoms with Crippen LogP contribution in [0.2, 0.25) is 0 Å². The summed E-state index contributed by atoms with van der Waals surface area (Å²) < 4.78 is 0. The quantitative estimate of drug-likeness (QED) is 0.455. The molecule has 0 unspecified atom stereocenters. The number of phenolic OH excluding ortho intramolecular Hbond substituents is 1. The van der Waals surface area contributed by atoms with Gasteiger partial charge in [0.2, 0.25) is 0 Å². The Morgan fingerprint density at radius 2 is 1.90 bits per heavy atom. The molecule has 0 aromatic heterocycles. The molecule has 0 aliphatic carbocycles. The molecule has 108 valence electrons. The van der Waals surface area contributed by atoms with Crippen LogP contribution in [-0.2, 0) is 0 Å². The molecule has 2 aromatic rings. The Labute approximate surface area is 120 Å². The van der Waals surface area contributed by atoms with Gasteiger partial charge < -0.3 is 15.7 Å². The summed E-state index contributed by atoms with van der Waals surface area (Å²) in [5, 5.41) is 25.6. The first-order valence-corrected chi connectivity index (χ1v) is 6.08. The highest BCUT2D eigenvalue weighted by molar-refractivity contribution is 6.08. The van der Waals surface area contributed by atoms with Crippen LogP contribution in [0.25, 0.3) is 0 Å². The molecule has 0 radical (unpaired) electrons. The van der Waals surface area contributed by atoms with E-state index in [0.717, 1.165) is 6.07 Å². The Hall–Kier alpha value is -3.09. The fourth-order valence-corrected chi connectivity index (χ4v) is 1.87. The molecule has 0 bridgehead atoms. The molecular formula is C14H13N3O4. The average Bonchev–Trinajstić information content (AvgIpc) is 2.48. The van der Waals surface area contributed by atoms with Crippen LogP contribution in [0.4, 0.5) is 17.1 Å². The molecule has 1 amide bonds. The average molecular weight is 287 g/mol. The van der Waals surface area contributed by atoms with Crippen molar-refractivity contribution in [3.63, 3.8) is 0 Å². The number of carbonyl (C=O) groups is 1. The summed E-state index contributed by atoms with van der Waals surface area (Å²) in [7, 11) is 1.68. The number of hydrogen-bond acceptors (Lipinski definition) is 5. The van der Waals surface area contributed by atoms with Crippen LogP contribution in [0, 0.1) is 10.1 Å². The van der Waals surface area contributed by atoms with Crippen molar-refractivity contribution in [3.8, 4) is 5.75 Å². The van der Waals surface area contributed by atoms with Gasteiger partial charge in [-0.25, -0.2) is 0 Å². The number of phenols is 1. The molecular weight excluding hydrogens is 274 g/mol. The van der Waals surface area contributed by atoms with Crippen molar-refractivity contribution in [1.82, 2.24) is 0 Å². The molecule has 2 aromatic carbocycles. The minimum Gasteiger partial charge on any atom is -0.508 e. The molecule has 0 atom stereocenters. The lowest BCUT2D eigenvalue weighted by Crippen LogP contribution is -2.14. The van der Waals surface area contributed by atoms with E-state index in [1.54, 1.807) is 31.3 Å². The van der Waals surface area contributed by atoms with Gasteiger partial charge in [-0.2, -0.15) is 0 Å². The van der Waals surface area contributed by atoms with Crippen molar-refractivity contribution < 1.29 is 14.8 Å². The molecule has 0 saturated carbocycles. The number of anilines is 2. The third-order valence-electron chi connectivity index (χ3n) is 2.87. The first kappa shape index (κ1) is 14.3. The topological polar surface area (TPSA) is 104 Å². The van der Waals surface area contributed by atoms with Gasteiger partial charge in [0.05, 0.1) is 16.6 Å². The maximum atomic E-state index is 12.2. The molecule has 0 aliphatic rings. The van der Waals surface area contributed by atoms with Crippen molar-refractivity contribution in [2.75, 3.05) is 17.7 Å². The van der Waals surface area contributed by atoms with Crippen molar-refractivity contribution in [2.24, 2.45) is 0 Å². The standard InChI is InChI=1S/C14H13N3O4/c1-15-11-5-3-2-4-10(11)14(19)16-12-7-6-9(18)8-13(12)17(20)21/h2-8,15,18H,1H3,(H,16,19). The number of hydrogen-bond donors (Lipinski definition) is 3. The van der Waals surface area contributed by atoms with Gasteiger partial charge in [0.1, 0.15) is 11.4 Å². The Morgan fingerprint density at radius 3 is 2.57 bits per heavy atom.